The molecule has 0 aliphatic heterocycles. The summed E-state index contributed by atoms with van der Waals surface area (Å²) in [5, 5.41) is 12.3. The van der Waals surface area contributed by atoms with E-state index >= 15 is 0 Å². The number of hydrogen-bond acceptors (Lipinski definition) is 5. The zero-order valence-electron chi connectivity index (χ0n) is 20.7. The van der Waals surface area contributed by atoms with Gasteiger partial charge in [-0.05, 0) is 59.7 Å². The Morgan fingerprint density at radius 2 is 1.63 bits per heavy atom. The maximum atomic E-state index is 13.9. The maximum absolute atomic E-state index is 13.9. The summed E-state index contributed by atoms with van der Waals surface area (Å²) in [6, 6.07) is 30.0. The molecule has 0 unspecified atom stereocenters. The van der Waals surface area contributed by atoms with Crippen molar-refractivity contribution in [3.8, 4) is 23.3 Å². The van der Waals surface area contributed by atoms with E-state index in [0.717, 1.165) is 5.56 Å². The number of anilines is 1. The van der Waals surface area contributed by atoms with Crippen LogP contribution in [-0.2, 0) is 18.0 Å². The first-order chi connectivity index (χ1) is 18.6. The fraction of sp³-hybridized carbons (Fsp3) is 0.0968. The zero-order chi connectivity index (χ0) is 26.7. The van der Waals surface area contributed by atoms with E-state index in [-0.39, 0.29) is 18.0 Å². The second-order valence-corrected chi connectivity index (χ2v) is 8.21. The molecule has 7 heteroatoms. The van der Waals surface area contributed by atoms with Crippen molar-refractivity contribution in [2.24, 2.45) is 0 Å². The summed E-state index contributed by atoms with van der Waals surface area (Å²) in [5.74, 6) is 0.547. The highest BCUT2D eigenvalue weighted by molar-refractivity contribution is 6.09. The summed E-state index contributed by atoms with van der Waals surface area (Å²) in [4.78, 5) is 12.7. The highest BCUT2D eigenvalue weighted by Gasteiger charge is 2.12. The van der Waals surface area contributed by atoms with Crippen molar-refractivity contribution in [3.05, 3.63) is 125 Å². The molecule has 0 spiro atoms. The first kappa shape index (κ1) is 26.0. The summed E-state index contributed by atoms with van der Waals surface area (Å²) >= 11 is 0. The minimum absolute atomic E-state index is 0.0279. The van der Waals surface area contributed by atoms with Crippen LogP contribution in [0.25, 0.3) is 6.08 Å². The van der Waals surface area contributed by atoms with Crippen LogP contribution < -0.4 is 19.5 Å². The largest absolute Gasteiger partial charge is 0.493 e. The normalized spacial score (nSPS) is 10.8. The molecule has 0 radical (unpaired) electrons. The van der Waals surface area contributed by atoms with Crippen molar-refractivity contribution < 1.29 is 23.4 Å². The Balaban J connectivity index is 1.39. The van der Waals surface area contributed by atoms with Gasteiger partial charge in [-0.1, -0.05) is 54.6 Å². The molecule has 0 saturated carbocycles. The number of ether oxygens (including phenoxy) is 3. The van der Waals surface area contributed by atoms with Gasteiger partial charge in [-0.25, -0.2) is 4.39 Å². The number of carbonyl (C=O) groups is 1. The summed E-state index contributed by atoms with van der Waals surface area (Å²) < 4.78 is 30.8. The minimum Gasteiger partial charge on any atom is -0.493 e. The van der Waals surface area contributed by atoms with Gasteiger partial charge in [0.25, 0.3) is 5.91 Å². The highest BCUT2D eigenvalue weighted by atomic mass is 19.1. The number of methoxy groups -OCH3 is 1. The van der Waals surface area contributed by atoms with E-state index in [1.807, 2.05) is 36.4 Å². The van der Waals surface area contributed by atoms with Crippen LogP contribution >= 0.6 is 0 Å². The van der Waals surface area contributed by atoms with Crippen LogP contribution in [-0.4, -0.2) is 13.0 Å². The van der Waals surface area contributed by atoms with Gasteiger partial charge in [-0.3, -0.25) is 4.79 Å². The lowest BCUT2D eigenvalue weighted by Gasteiger charge is -2.12. The number of hydrogen-bond donors (Lipinski definition) is 1. The summed E-state index contributed by atoms with van der Waals surface area (Å²) in [5.41, 5.74) is 2.47. The Bertz CT molecular complexity index is 1460. The van der Waals surface area contributed by atoms with Gasteiger partial charge in [0.1, 0.15) is 36.4 Å². The molecule has 0 aromatic heterocycles. The van der Waals surface area contributed by atoms with Crippen molar-refractivity contribution in [3.63, 3.8) is 0 Å². The molecule has 38 heavy (non-hydrogen) atoms. The number of rotatable bonds is 10. The molecule has 0 heterocycles. The van der Waals surface area contributed by atoms with E-state index in [1.54, 1.807) is 60.7 Å². The summed E-state index contributed by atoms with van der Waals surface area (Å²) in [6.07, 6.45) is 1.45. The molecule has 0 bridgehead atoms. The Morgan fingerprint density at radius 1 is 0.895 bits per heavy atom. The van der Waals surface area contributed by atoms with Crippen molar-refractivity contribution in [1.82, 2.24) is 0 Å². The van der Waals surface area contributed by atoms with Gasteiger partial charge in [0.2, 0.25) is 0 Å². The average Bonchev–Trinajstić information content (AvgIpc) is 2.96. The number of nitrogens with one attached hydrogen (secondary N) is 1. The monoisotopic (exact) mass is 508 g/mol. The molecule has 0 atom stereocenters. The number of amides is 1. The van der Waals surface area contributed by atoms with Crippen LogP contribution in [0.4, 0.5) is 10.1 Å². The van der Waals surface area contributed by atoms with Gasteiger partial charge in [-0.15, -0.1) is 0 Å². The Hall–Kier alpha value is -5.09. The van der Waals surface area contributed by atoms with Crippen LogP contribution in [0.2, 0.25) is 0 Å². The molecule has 0 aliphatic rings. The Kier molecular flexibility index (Phi) is 8.72. The van der Waals surface area contributed by atoms with Gasteiger partial charge in [-0.2, -0.15) is 5.26 Å². The maximum Gasteiger partial charge on any atom is 0.266 e. The number of nitriles is 1. The van der Waals surface area contributed by atoms with Crippen LogP contribution in [0.15, 0.2) is 103 Å². The molecular weight excluding hydrogens is 483 g/mol. The van der Waals surface area contributed by atoms with Crippen LogP contribution in [0.1, 0.15) is 16.7 Å². The van der Waals surface area contributed by atoms with E-state index < -0.39 is 5.91 Å². The van der Waals surface area contributed by atoms with Crippen LogP contribution in [0, 0.1) is 17.1 Å². The predicted octanol–water partition coefficient (Wildman–Crippen LogP) is 6.54. The van der Waals surface area contributed by atoms with Crippen molar-refractivity contribution in [2.45, 2.75) is 13.2 Å². The number of halogens is 1. The summed E-state index contributed by atoms with van der Waals surface area (Å²) in [7, 11) is 1.48. The third kappa shape index (κ3) is 6.99. The van der Waals surface area contributed by atoms with Crippen LogP contribution in [0.5, 0.6) is 17.2 Å². The topological polar surface area (TPSA) is 80.6 Å². The van der Waals surface area contributed by atoms with Gasteiger partial charge in [0, 0.05) is 11.3 Å². The molecule has 4 rings (SSSR count). The Morgan fingerprint density at radius 3 is 2.34 bits per heavy atom. The fourth-order valence-electron chi connectivity index (χ4n) is 3.55. The second kappa shape index (κ2) is 12.7. The lowest BCUT2D eigenvalue weighted by atomic mass is 10.1. The second-order valence-electron chi connectivity index (χ2n) is 8.21. The van der Waals surface area contributed by atoms with Crippen molar-refractivity contribution in [2.75, 3.05) is 12.4 Å². The lowest BCUT2D eigenvalue weighted by molar-refractivity contribution is -0.112. The lowest BCUT2D eigenvalue weighted by Crippen LogP contribution is -2.13. The number of carbonyl (C=O) groups excluding carboxylic acids is 1. The van der Waals surface area contributed by atoms with Gasteiger partial charge in [0.05, 0.1) is 7.11 Å². The molecule has 190 valence electrons. The van der Waals surface area contributed by atoms with Gasteiger partial charge in [0.15, 0.2) is 11.5 Å². The Labute approximate surface area is 220 Å². The van der Waals surface area contributed by atoms with Crippen molar-refractivity contribution in [1.29, 1.82) is 5.26 Å². The average molecular weight is 509 g/mol. The molecule has 0 saturated heterocycles. The third-order valence-electron chi connectivity index (χ3n) is 5.57. The smallest absolute Gasteiger partial charge is 0.266 e. The molecule has 4 aromatic rings. The van der Waals surface area contributed by atoms with Gasteiger partial charge < -0.3 is 19.5 Å². The zero-order valence-corrected chi connectivity index (χ0v) is 20.7. The first-order valence-electron chi connectivity index (χ1n) is 11.8. The molecule has 6 nitrogen and oxygen atoms in total. The van der Waals surface area contributed by atoms with E-state index in [9.17, 15) is 14.4 Å². The first-order valence-corrected chi connectivity index (χ1v) is 11.8. The fourth-order valence-corrected chi connectivity index (χ4v) is 3.55. The third-order valence-corrected chi connectivity index (χ3v) is 5.57. The van der Waals surface area contributed by atoms with Gasteiger partial charge >= 0.3 is 0 Å². The van der Waals surface area contributed by atoms with E-state index in [0.29, 0.717) is 40.7 Å². The summed E-state index contributed by atoms with van der Waals surface area (Å²) in [6.45, 7) is 0.463. The van der Waals surface area contributed by atoms with Crippen LogP contribution in [0.3, 0.4) is 0 Å². The molecular formula is C31H25FN2O4. The standard InChI is InChI=1S/C31H25FN2O4/c1-36-30-18-23(11-16-29(30)38-21-24-9-5-6-10-28(24)32)17-25(19-33)31(35)34-26-12-14-27(15-13-26)37-20-22-7-3-2-4-8-22/h2-18H,20-21H2,1H3,(H,34,35)/b25-17+. The molecule has 0 aliphatic carbocycles. The van der Waals surface area contributed by atoms with E-state index in [2.05, 4.69) is 5.32 Å². The van der Waals surface area contributed by atoms with E-state index in [4.69, 9.17) is 14.2 Å². The molecule has 0 fully saturated rings. The van der Waals surface area contributed by atoms with Crippen molar-refractivity contribution >= 4 is 17.7 Å². The number of benzene rings is 4. The quantitative estimate of drug-likeness (QED) is 0.194. The SMILES string of the molecule is COc1cc(/C=C(\C#N)C(=O)Nc2ccc(OCc3ccccc3)cc2)ccc1OCc1ccccc1F. The number of nitrogens with zero attached hydrogens (tertiary/aromatic N) is 1. The van der Waals surface area contributed by atoms with E-state index in [1.165, 1.54) is 19.3 Å². The minimum atomic E-state index is -0.552. The highest BCUT2D eigenvalue weighted by Crippen LogP contribution is 2.30. The molecule has 4 aromatic carbocycles. The predicted molar refractivity (Wildman–Crippen MR) is 143 cm³/mol. The molecule has 1 N–H and O–H groups in total. The molecule has 1 amide bonds.